The maximum absolute atomic E-state index is 13.6. The maximum atomic E-state index is 13.6. The summed E-state index contributed by atoms with van der Waals surface area (Å²) in [5.74, 6) is -2.04. The van der Waals surface area contributed by atoms with Gasteiger partial charge in [-0.1, -0.05) is 41.9 Å². The van der Waals surface area contributed by atoms with Gasteiger partial charge in [0.25, 0.3) is 5.91 Å². The van der Waals surface area contributed by atoms with Gasteiger partial charge in [-0.3, -0.25) is 14.5 Å². The van der Waals surface area contributed by atoms with Crippen molar-refractivity contribution in [2.45, 2.75) is 25.7 Å². The smallest absolute Gasteiger partial charge is 0.422 e. The second-order valence-electron chi connectivity index (χ2n) is 7.73. The number of aliphatic hydroxyl groups excluding tert-OH is 1. The Morgan fingerprint density at radius 1 is 1.11 bits per heavy atom. The molecule has 11 heteroatoms. The van der Waals surface area contributed by atoms with Crippen LogP contribution >= 0.6 is 11.6 Å². The lowest BCUT2D eigenvalue weighted by atomic mass is 9.98. The van der Waals surface area contributed by atoms with Gasteiger partial charge in [-0.25, -0.2) is 0 Å². The Hall–Kier alpha value is -3.50. The Bertz CT molecular complexity index is 1330. The lowest BCUT2D eigenvalue weighted by Crippen LogP contribution is -2.28. The molecule has 0 aliphatic carbocycles. The van der Waals surface area contributed by atoms with E-state index >= 15 is 0 Å². The number of carboxylic acids is 1. The average molecular weight is 510 g/mol. The summed E-state index contributed by atoms with van der Waals surface area (Å²) in [4.78, 5) is 25.5. The molecular formula is C24H19ClF3NO6. The average Bonchev–Trinajstić information content (AvgIpc) is 3.03. The number of anilines is 1. The fourth-order valence-electron chi connectivity index (χ4n) is 4.09. The van der Waals surface area contributed by atoms with Gasteiger partial charge in [-0.2, -0.15) is 13.2 Å². The third-order valence-electron chi connectivity index (χ3n) is 5.39. The second kappa shape index (κ2) is 9.27. The molecule has 0 fully saturated rings. The number of halogens is 4. The SMILES string of the molecule is CCOc1c2c(c(OCC(F)(F)F)c3ccccc13)C(O)N(c1ccc(CC(=O)O)cc1Cl)C2=O. The fourth-order valence-corrected chi connectivity index (χ4v) is 4.38. The van der Waals surface area contributed by atoms with E-state index in [2.05, 4.69) is 0 Å². The fraction of sp³-hybridized carbons (Fsp3) is 0.250. The molecule has 2 N–H and O–H groups in total. The first kappa shape index (κ1) is 24.6. The number of hydrogen-bond donors (Lipinski definition) is 2. The Balaban J connectivity index is 1.92. The van der Waals surface area contributed by atoms with Crippen LogP contribution in [0.4, 0.5) is 18.9 Å². The van der Waals surface area contributed by atoms with E-state index in [0.717, 1.165) is 4.90 Å². The molecule has 7 nitrogen and oxygen atoms in total. The molecule has 3 aromatic carbocycles. The van der Waals surface area contributed by atoms with Crippen molar-refractivity contribution in [1.82, 2.24) is 0 Å². The number of amides is 1. The number of ether oxygens (including phenoxy) is 2. The van der Waals surface area contributed by atoms with Crippen LogP contribution in [0.15, 0.2) is 42.5 Å². The van der Waals surface area contributed by atoms with Gasteiger partial charge in [0.05, 0.1) is 34.9 Å². The summed E-state index contributed by atoms with van der Waals surface area (Å²) in [5, 5.41) is 20.8. The summed E-state index contributed by atoms with van der Waals surface area (Å²) < 4.78 is 50.0. The Morgan fingerprint density at radius 3 is 2.34 bits per heavy atom. The third-order valence-corrected chi connectivity index (χ3v) is 5.69. The summed E-state index contributed by atoms with van der Waals surface area (Å²) in [6, 6.07) is 10.5. The number of nitrogens with zero attached hydrogens (tertiary/aromatic N) is 1. The van der Waals surface area contributed by atoms with Crippen molar-refractivity contribution >= 4 is 39.9 Å². The van der Waals surface area contributed by atoms with Gasteiger partial charge >= 0.3 is 12.1 Å². The van der Waals surface area contributed by atoms with Crippen LogP contribution in [0.5, 0.6) is 11.5 Å². The molecule has 4 rings (SSSR count). The van der Waals surface area contributed by atoms with Crippen molar-refractivity contribution in [2.75, 3.05) is 18.1 Å². The molecule has 3 aromatic rings. The van der Waals surface area contributed by atoms with Crippen molar-refractivity contribution in [2.24, 2.45) is 0 Å². The molecule has 0 saturated carbocycles. The Kier molecular flexibility index (Phi) is 6.52. The van der Waals surface area contributed by atoms with Gasteiger partial charge in [-0.05, 0) is 24.6 Å². The molecule has 0 radical (unpaired) electrons. The minimum absolute atomic E-state index is 0.0239. The van der Waals surface area contributed by atoms with Crippen LogP contribution in [0.1, 0.15) is 34.6 Å². The number of carbonyl (C=O) groups excluding carboxylic acids is 1. The summed E-state index contributed by atoms with van der Waals surface area (Å²) in [5.41, 5.74) is 0.0932. The highest BCUT2D eigenvalue weighted by atomic mass is 35.5. The van der Waals surface area contributed by atoms with Crippen molar-refractivity contribution in [3.63, 3.8) is 0 Å². The zero-order valence-corrected chi connectivity index (χ0v) is 19.0. The lowest BCUT2D eigenvalue weighted by molar-refractivity contribution is -0.153. The lowest BCUT2D eigenvalue weighted by Gasteiger charge is -2.23. The molecule has 0 bridgehead atoms. The predicted molar refractivity (Wildman–Crippen MR) is 121 cm³/mol. The molecule has 184 valence electrons. The van der Waals surface area contributed by atoms with E-state index < -0.39 is 30.9 Å². The van der Waals surface area contributed by atoms with E-state index in [1.54, 1.807) is 25.1 Å². The third kappa shape index (κ3) is 4.59. The molecule has 1 aliphatic heterocycles. The first-order chi connectivity index (χ1) is 16.5. The van der Waals surface area contributed by atoms with Gasteiger partial charge in [0.15, 0.2) is 12.8 Å². The zero-order chi connectivity index (χ0) is 25.5. The first-order valence-corrected chi connectivity index (χ1v) is 10.8. The second-order valence-corrected chi connectivity index (χ2v) is 8.14. The van der Waals surface area contributed by atoms with Crippen molar-refractivity contribution < 1.29 is 42.4 Å². The van der Waals surface area contributed by atoms with Crippen LogP contribution in [-0.2, 0) is 11.2 Å². The number of aliphatic hydroxyl groups is 1. The van der Waals surface area contributed by atoms with Crippen LogP contribution in [-0.4, -0.2) is 41.5 Å². The molecule has 1 unspecified atom stereocenters. The minimum Gasteiger partial charge on any atom is -0.492 e. The number of alkyl halides is 3. The van der Waals surface area contributed by atoms with E-state index in [0.29, 0.717) is 10.9 Å². The van der Waals surface area contributed by atoms with E-state index in [9.17, 15) is 27.9 Å². The number of benzene rings is 3. The van der Waals surface area contributed by atoms with Gasteiger partial charge < -0.3 is 19.7 Å². The van der Waals surface area contributed by atoms with E-state index in [4.69, 9.17) is 26.2 Å². The molecule has 35 heavy (non-hydrogen) atoms. The standard InChI is InChI=1S/C24H19ClF3NO6/c1-2-34-20-13-5-3-4-6-14(13)21(35-11-24(26,27)28)19-18(20)22(32)29(23(19)33)16-8-7-12(9-15(16)25)10-17(30)31/h3-9,23,33H,2,10-11H2,1H3,(H,30,31). The van der Waals surface area contributed by atoms with Crippen molar-refractivity contribution in [1.29, 1.82) is 0 Å². The van der Waals surface area contributed by atoms with Gasteiger partial charge in [0, 0.05) is 10.8 Å². The van der Waals surface area contributed by atoms with E-state index in [1.807, 2.05) is 0 Å². The molecule has 1 amide bonds. The molecule has 1 aliphatic rings. The van der Waals surface area contributed by atoms with Crippen LogP contribution < -0.4 is 14.4 Å². The first-order valence-electron chi connectivity index (χ1n) is 10.5. The molecule has 1 atom stereocenters. The van der Waals surface area contributed by atoms with Crippen molar-refractivity contribution in [3.8, 4) is 11.5 Å². The monoisotopic (exact) mass is 509 g/mol. The highest BCUT2D eigenvalue weighted by molar-refractivity contribution is 6.34. The van der Waals surface area contributed by atoms with Crippen LogP contribution in [0.2, 0.25) is 5.02 Å². The number of hydrogen-bond acceptors (Lipinski definition) is 5. The van der Waals surface area contributed by atoms with Gasteiger partial charge in [0.2, 0.25) is 0 Å². The normalized spacial score (nSPS) is 15.4. The molecular weight excluding hydrogens is 491 g/mol. The molecule has 1 heterocycles. The van der Waals surface area contributed by atoms with E-state index in [-0.39, 0.29) is 51.7 Å². The van der Waals surface area contributed by atoms with Gasteiger partial charge in [-0.15, -0.1) is 0 Å². The van der Waals surface area contributed by atoms with Gasteiger partial charge in [0.1, 0.15) is 11.5 Å². The van der Waals surface area contributed by atoms with Crippen LogP contribution in [0.3, 0.4) is 0 Å². The highest BCUT2D eigenvalue weighted by Crippen LogP contribution is 2.51. The topological polar surface area (TPSA) is 96.3 Å². The van der Waals surface area contributed by atoms with Crippen LogP contribution in [0, 0.1) is 0 Å². The minimum atomic E-state index is -4.66. The van der Waals surface area contributed by atoms with E-state index in [1.165, 1.54) is 24.3 Å². The molecule has 0 aromatic heterocycles. The summed E-state index contributed by atoms with van der Waals surface area (Å²) in [6.45, 7) is 0.192. The highest BCUT2D eigenvalue weighted by Gasteiger charge is 2.44. The largest absolute Gasteiger partial charge is 0.492 e. The summed E-state index contributed by atoms with van der Waals surface area (Å²) in [7, 11) is 0. The number of rotatable bonds is 7. The van der Waals surface area contributed by atoms with Crippen LogP contribution in [0.25, 0.3) is 10.8 Å². The number of carboxylic acid groups (broad SMARTS) is 1. The quantitative estimate of drug-likeness (QED) is 0.459. The maximum Gasteiger partial charge on any atom is 0.422 e. The Labute approximate surface area is 202 Å². The summed E-state index contributed by atoms with van der Waals surface area (Å²) >= 11 is 6.32. The van der Waals surface area contributed by atoms with Crippen molar-refractivity contribution in [3.05, 3.63) is 64.2 Å². The number of aliphatic carboxylic acids is 1. The predicted octanol–water partition coefficient (Wildman–Crippen LogP) is 5.11. The summed E-state index contributed by atoms with van der Waals surface area (Å²) in [6.07, 6.45) is -6.72. The Morgan fingerprint density at radius 2 is 1.77 bits per heavy atom. The molecule has 0 spiro atoms. The zero-order valence-electron chi connectivity index (χ0n) is 18.2. The molecule has 0 saturated heterocycles. The number of fused-ring (bicyclic) bond motifs is 2. The number of carbonyl (C=O) groups is 2.